The van der Waals surface area contributed by atoms with Crippen LogP contribution in [0.4, 0.5) is 8.78 Å². The summed E-state index contributed by atoms with van der Waals surface area (Å²) in [6, 6.07) is 0. The van der Waals surface area contributed by atoms with E-state index in [2.05, 4.69) is 0 Å². The average molecular weight is 300 g/mol. The minimum Gasteiger partial charge on any atom is -0.378 e. The van der Waals surface area contributed by atoms with E-state index in [1.165, 1.54) is 0 Å². The van der Waals surface area contributed by atoms with Crippen molar-refractivity contribution in [2.75, 3.05) is 6.61 Å². The minimum absolute atomic E-state index is 0.0854. The molecule has 2 nitrogen and oxygen atoms in total. The number of Topliss-reactive ketones (excluding diaryl/α,β-unsaturated/α-hetero) is 1. The molecule has 2 saturated carbocycles. The first-order valence-corrected chi connectivity index (χ1v) is 8.29. The highest BCUT2D eigenvalue weighted by Crippen LogP contribution is 2.33. The van der Waals surface area contributed by atoms with Gasteiger partial charge in [-0.15, -0.1) is 0 Å². The highest BCUT2D eigenvalue weighted by atomic mass is 19.3. The van der Waals surface area contributed by atoms with Crippen molar-refractivity contribution in [2.24, 2.45) is 11.8 Å². The summed E-state index contributed by atoms with van der Waals surface area (Å²) in [5, 5.41) is 0. The summed E-state index contributed by atoms with van der Waals surface area (Å²) in [5.74, 6) is 1.13. The molecule has 0 unspecified atom stereocenters. The summed E-state index contributed by atoms with van der Waals surface area (Å²) >= 11 is 0. The van der Waals surface area contributed by atoms with Gasteiger partial charge < -0.3 is 4.74 Å². The first-order chi connectivity index (χ1) is 10.1. The third-order valence-electron chi connectivity index (χ3n) is 4.85. The van der Waals surface area contributed by atoms with Gasteiger partial charge in [0.25, 0.3) is 6.08 Å². The van der Waals surface area contributed by atoms with Crippen LogP contribution in [0, 0.1) is 11.8 Å². The molecule has 2 aliphatic carbocycles. The van der Waals surface area contributed by atoms with Crippen LogP contribution in [0.1, 0.15) is 64.2 Å². The molecule has 0 heterocycles. The summed E-state index contributed by atoms with van der Waals surface area (Å²) < 4.78 is 30.2. The maximum atomic E-state index is 12.2. The lowest BCUT2D eigenvalue weighted by Crippen LogP contribution is -2.22. The highest BCUT2D eigenvalue weighted by molar-refractivity contribution is 5.79. The van der Waals surface area contributed by atoms with Gasteiger partial charge in [-0.2, -0.15) is 8.78 Å². The fourth-order valence-corrected chi connectivity index (χ4v) is 3.52. The van der Waals surface area contributed by atoms with Gasteiger partial charge in [0, 0.05) is 19.4 Å². The Hall–Kier alpha value is -0.770. The van der Waals surface area contributed by atoms with E-state index in [0.29, 0.717) is 24.5 Å². The number of ether oxygens (including phenoxy) is 1. The zero-order valence-electron chi connectivity index (χ0n) is 12.7. The van der Waals surface area contributed by atoms with Gasteiger partial charge in [0.1, 0.15) is 5.78 Å². The van der Waals surface area contributed by atoms with E-state index in [1.54, 1.807) is 0 Å². The summed E-state index contributed by atoms with van der Waals surface area (Å²) in [7, 11) is 0. The van der Waals surface area contributed by atoms with E-state index < -0.39 is 6.08 Å². The quantitative estimate of drug-likeness (QED) is 0.653. The van der Waals surface area contributed by atoms with Crippen molar-refractivity contribution in [2.45, 2.75) is 70.3 Å². The second kappa shape index (κ2) is 8.62. The van der Waals surface area contributed by atoms with Crippen LogP contribution in [0.3, 0.4) is 0 Å². The molecule has 0 aromatic heterocycles. The Morgan fingerprint density at radius 2 is 1.76 bits per heavy atom. The van der Waals surface area contributed by atoms with Gasteiger partial charge in [0.05, 0.1) is 6.10 Å². The molecule has 0 amide bonds. The van der Waals surface area contributed by atoms with Crippen molar-refractivity contribution in [3.8, 4) is 0 Å². The highest BCUT2D eigenvalue weighted by Gasteiger charge is 2.21. The number of halogens is 2. The summed E-state index contributed by atoms with van der Waals surface area (Å²) in [6.07, 6.45) is 9.09. The molecule has 0 aliphatic heterocycles. The number of hydrogen-bond donors (Lipinski definition) is 0. The maximum Gasteiger partial charge on any atom is 0.266 e. The molecule has 0 aromatic carbocycles. The zero-order chi connectivity index (χ0) is 15.1. The predicted octanol–water partition coefficient (Wildman–Crippen LogP) is 4.88. The topological polar surface area (TPSA) is 26.3 Å². The molecule has 2 fully saturated rings. The van der Waals surface area contributed by atoms with Crippen molar-refractivity contribution in [1.29, 1.82) is 0 Å². The number of allylic oxidation sites excluding steroid dienone is 1. The normalized spacial score (nSPS) is 27.6. The lowest BCUT2D eigenvalue weighted by Gasteiger charge is -2.27. The molecule has 0 aromatic rings. The van der Waals surface area contributed by atoms with E-state index in [1.807, 2.05) is 0 Å². The lowest BCUT2D eigenvalue weighted by molar-refractivity contribution is -0.123. The second-order valence-corrected chi connectivity index (χ2v) is 6.49. The van der Waals surface area contributed by atoms with E-state index in [9.17, 15) is 13.6 Å². The first-order valence-electron chi connectivity index (χ1n) is 8.29. The number of rotatable bonds is 6. The molecule has 2 rings (SSSR count). The van der Waals surface area contributed by atoms with Crippen LogP contribution in [0.5, 0.6) is 0 Å². The molecule has 2 aliphatic rings. The van der Waals surface area contributed by atoms with Crippen LogP contribution in [0.15, 0.2) is 12.2 Å². The van der Waals surface area contributed by atoms with Crippen molar-refractivity contribution < 1.29 is 18.3 Å². The van der Waals surface area contributed by atoms with Crippen molar-refractivity contribution >= 4 is 5.78 Å². The van der Waals surface area contributed by atoms with E-state index in [0.717, 1.165) is 64.0 Å². The van der Waals surface area contributed by atoms with Crippen molar-refractivity contribution in [1.82, 2.24) is 0 Å². The first kappa shape index (κ1) is 16.6. The van der Waals surface area contributed by atoms with Crippen molar-refractivity contribution in [3.05, 3.63) is 12.2 Å². The monoisotopic (exact) mass is 300 g/mol. The van der Waals surface area contributed by atoms with Gasteiger partial charge in [-0.25, -0.2) is 0 Å². The Labute approximate surface area is 125 Å². The number of hydrogen-bond acceptors (Lipinski definition) is 2. The second-order valence-electron chi connectivity index (χ2n) is 6.49. The molecule has 120 valence electrons. The van der Waals surface area contributed by atoms with Crippen LogP contribution in [-0.2, 0) is 9.53 Å². The fourth-order valence-electron chi connectivity index (χ4n) is 3.52. The molecule has 0 spiro atoms. The van der Waals surface area contributed by atoms with Gasteiger partial charge >= 0.3 is 0 Å². The lowest BCUT2D eigenvalue weighted by atomic mass is 9.80. The summed E-state index contributed by atoms with van der Waals surface area (Å²) in [5.41, 5.74) is 0. The molecular formula is C17H26F2O2. The Balaban J connectivity index is 1.52. The Kier molecular flexibility index (Phi) is 6.81. The summed E-state index contributed by atoms with van der Waals surface area (Å²) in [4.78, 5) is 11.1. The molecular weight excluding hydrogens is 274 g/mol. The van der Waals surface area contributed by atoms with E-state index in [-0.39, 0.29) is 12.0 Å². The SMILES string of the molecule is O=C1CCC(OCCCC2CCC(C=C(F)F)CC2)CC1. The van der Waals surface area contributed by atoms with Gasteiger partial charge in [-0.05, 0) is 69.3 Å². The molecule has 0 N–H and O–H groups in total. The molecule has 0 atom stereocenters. The predicted molar refractivity (Wildman–Crippen MR) is 78.2 cm³/mol. The number of carbonyl (C=O) groups is 1. The fraction of sp³-hybridized carbons (Fsp3) is 0.824. The Morgan fingerprint density at radius 1 is 1.10 bits per heavy atom. The largest absolute Gasteiger partial charge is 0.378 e. The van der Waals surface area contributed by atoms with E-state index in [4.69, 9.17) is 4.74 Å². The maximum absolute atomic E-state index is 12.2. The molecule has 0 saturated heterocycles. The minimum atomic E-state index is -1.53. The number of carbonyl (C=O) groups excluding carboxylic acids is 1. The van der Waals surface area contributed by atoms with Crippen molar-refractivity contribution in [3.63, 3.8) is 0 Å². The average Bonchev–Trinajstić information content (AvgIpc) is 2.46. The zero-order valence-corrected chi connectivity index (χ0v) is 12.7. The van der Waals surface area contributed by atoms with Crippen LogP contribution in [0.2, 0.25) is 0 Å². The smallest absolute Gasteiger partial charge is 0.266 e. The van der Waals surface area contributed by atoms with Gasteiger partial charge in [0.2, 0.25) is 0 Å². The summed E-state index contributed by atoms with van der Waals surface area (Å²) in [6.45, 7) is 0.776. The molecule has 0 radical (unpaired) electrons. The van der Waals surface area contributed by atoms with E-state index >= 15 is 0 Å². The Morgan fingerprint density at radius 3 is 2.38 bits per heavy atom. The van der Waals surface area contributed by atoms with Gasteiger partial charge in [-0.3, -0.25) is 4.79 Å². The molecule has 0 bridgehead atoms. The third kappa shape index (κ3) is 6.25. The van der Waals surface area contributed by atoms with Crippen LogP contribution in [0.25, 0.3) is 0 Å². The van der Waals surface area contributed by atoms with Crippen LogP contribution >= 0.6 is 0 Å². The molecule has 4 heteroatoms. The molecule has 21 heavy (non-hydrogen) atoms. The number of ketones is 1. The van der Waals surface area contributed by atoms with Gasteiger partial charge in [0.15, 0.2) is 0 Å². The third-order valence-corrected chi connectivity index (χ3v) is 4.85. The van der Waals surface area contributed by atoms with Gasteiger partial charge in [-0.1, -0.05) is 0 Å². The van der Waals surface area contributed by atoms with Crippen LogP contribution < -0.4 is 0 Å². The Bertz CT molecular complexity index is 346. The standard InChI is InChI=1S/C17H26F2O2/c18-17(19)12-14-5-3-13(4-6-14)2-1-11-21-16-9-7-15(20)8-10-16/h12-14,16H,1-11H2. The van der Waals surface area contributed by atoms with Crippen LogP contribution in [-0.4, -0.2) is 18.5 Å².